The van der Waals surface area contributed by atoms with Crippen LogP contribution in [0.15, 0.2) is 24.3 Å². The highest BCUT2D eigenvalue weighted by Crippen LogP contribution is 2.23. The zero-order valence-corrected chi connectivity index (χ0v) is 10.8. The standard InChI is InChI=1S/C14H17NO4/c1-2-19-12-7-11(8-12)15-13(16)9-4-3-5-10(6-9)14(17)18/h3-6,11-12H,2,7-8H2,1H3,(H,15,16)(H,17,18). The summed E-state index contributed by atoms with van der Waals surface area (Å²) in [6.07, 6.45) is 1.87. The third-order valence-electron chi connectivity index (χ3n) is 3.20. The van der Waals surface area contributed by atoms with E-state index in [4.69, 9.17) is 9.84 Å². The van der Waals surface area contributed by atoms with Crippen molar-refractivity contribution in [3.05, 3.63) is 35.4 Å². The molecule has 2 rings (SSSR count). The van der Waals surface area contributed by atoms with Gasteiger partial charge in [-0.05, 0) is 38.0 Å². The highest BCUT2D eigenvalue weighted by atomic mass is 16.5. The van der Waals surface area contributed by atoms with Gasteiger partial charge in [0.15, 0.2) is 0 Å². The summed E-state index contributed by atoms with van der Waals surface area (Å²) in [6.45, 7) is 2.63. The van der Waals surface area contributed by atoms with Crippen molar-refractivity contribution in [2.75, 3.05) is 6.61 Å². The molecule has 0 aromatic heterocycles. The summed E-state index contributed by atoms with van der Waals surface area (Å²) in [4.78, 5) is 22.8. The summed E-state index contributed by atoms with van der Waals surface area (Å²) in [6, 6.07) is 6.16. The number of carboxylic acid groups (broad SMARTS) is 1. The Morgan fingerprint density at radius 3 is 2.68 bits per heavy atom. The van der Waals surface area contributed by atoms with Crippen molar-refractivity contribution in [1.29, 1.82) is 0 Å². The molecular weight excluding hydrogens is 246 g/mol. The lowest BCUT2D eigenvalue weighted by atomic mass is 9.89. The van der Waals surface area contributed by atoms with Gasteiger partial charge in [0.05, 0.1) is 11.7 Å². The molecule has 1 aliphatic carbocycles. The van der Waals surface area contributed by atoms with Crippen molar-refractivity contribution < 1.29 is 19.4 Å². The van der Waals surface area contributed by atoms with E-state index in [2.05, 4.69) is 5.32 Å². The second-order valence-corrected chi connectivity index (χ2v) is 4.61. The summed E-state index contributed by atoms with van der Waals surface area (Å²) < 4.78 is 5.42. The maximum atomic E-state index is 11.9. The second kappa shape index (κ2) is 5.84. The van der Waals surface area contributed by atoms with Crippen LogP contribution in [0.1, 0.15) is 40.5 Å². The van der Waals surface area contributed by atoms with Gasteiger partial charge in [0, 0.05) is 18.2 Å². The predicted molar refractivity (Wildman–Crippen MR) is 69.3 cm³/mol. The smallest absolute Gasteiger partial charge is 0.335 e. The van der Waals surface area contributed by atoms with E-state index in [1.807, 2.05) is 6.92 Å². The van der Waals surface area contributed by atoms with Gasteiger partial charge >= 0.3 is 5.97 Å². The van der Waals surface area contributed by atoms with Gasteiger partial charge in [-0.15, -0.1) is 0 Å². The number of carboxylic acids is 1. The van der Waals surface area contributed by atoms with Crippen LogP contribution in [0.2, 0.25) is 0 Å². The molecule has 0 unspecified atom stereocenters. The minimum absolute atomic E-state index is 0.119. The number of carbonyl (C=O) groups is 2. The van der Waals surface area contributed by atoms with Crippen LogP contribution in [0.5, 0.6) is 0 Å². The fourth-order valence-corrected chi connectivity index (χ4v) is 2.12. The van der Waals surface area contributed by atoms with E-state index in [0.717, 1.165) is 12.8 Å². The van der Waals surface area contributed by atoms with Crippen molar-refractivity contribution in [3.8, 4) is 0 Å². The second-order valence-electron chi connectivity index (χ2n) is 4.61. The molecule has 0 spiro atoms. The lowest BCUT2D eigenvalue weighted by Gasteiger charge is -2.35. The Morgan fingerprint density at radius 1 is 1.37 bits per heavy atom. The molecule has 1 saturated carbocycles. The molecule has 0 heterocycles. The van der Waals surface area contributed by atoms with Gasteiger partial charge in [-0.2, -0.15) is 0 Å². The first-order valence-corrected chi connectivity index (χ1v) is 6.36. The Kier molecular flexibility index (Phi) is 4.16. The maximum absolute atomic E-state index is 11.9. The van der Waals surface area contributed by atoms with Gasteiger partial charge in [0.25, 0.3) is 5.91 Å². The summed E-state index contributed by atoms with van der Waals surface area (Å²) >= 11 is 0. The van der Waals surface area contributed by atoms with Gasteiger partial charge in [0.2, 0.25) is 0 Å². The molecule has 19 heavy (non-hydrogen) atoms. The first-order chi connectivity index (χ1) is 9.10. The highest BCUT2D eigenvalue weighted by Gasteiger charge is 2.30. The van der Waals surface area contributed by atoms with Crippen molar-refractivity contribution in [2.45, 2.75) is 31.9 Å². The molecule has 0 saturated heterocycles. The Morgan fingerprint density at radius 2 is 2.05 bits per heavy atom. The monoisotopic (exact) mass is 263 g/mol. The minimum Gasteiger partial charge on any atom is -0.478 e. The third-order valence-corrected chi connectivity index (χ3v) is 3.20. The van der Waals surface area contributed by atoms with E-state index < -0.39 is 5.97 Å². The van der Waals surface area contributed by atoms with Crippen molar-refractivity contribution >= 4 is 11.9 Å². The lowest BCUT2D eigenvalue weighted by Crippen LogP contribution is -2.47. The zero-order chi connectivity index (χ0) is 13.8. The van der Waals surface area contributed by atoms with Crippen LogP contribution in [0.4, 0.5) is 0 Å². The average molecular weight is 263 g/mol. The number of aromatic carboxylic acids is 1. The maximum Gasteiger partial charge on any atom is 0.335 e. The first-order valence-electron chi connectivity index (χ1n) is 6.36. The first kappa shape index (κ1) is 13.5. The quantitative estimate of drug-likeness (QED) is 0.847. The van der Waals surface area contributed by atoms with Gasteiger partial charge < -0.3 is 15.2 Å². The molecule has 1 aliphatic rings. The van der Waals surface area contributed by atoms with Crippen LogP contribution in [-0.4, -0.2) is 35.7 Å². The average Bonchev–Trinajstić information content (AvgIpc) is 2.36. The number of rotatable bonds is 5. The topological polar surface area (TPSA) is 75.6 Å². The SMILES string of the molecule is CCOC1CC(NC(=O)c2cccc(C(=O)O)c2)C1. The van der Waals surface area contributed by atoms with E-state index in [0.29, 0.717) is 12.2 Å². The van der Waals surface area contributed by atoms with Gasteiger partial charge in [0.1, 0.15) is 0 Å². The van der Waals surface area contributed by atoms with E-state index in [-0.39, 0.29) is 23.6 Å². The van der Waals surface area contributed by atoms with Gasteiger partial charge in [-0.3, -0.25) is 4.79 Å². The van der Waals surface area contributed by atoms with Crippen molar-refractivity contribution in [2.24, 2.45) is 0 Å². The molecule has 1 amide bonds. The molecule has 0 bridgehead atoms. The van der Waals surface area contributed by atoms with Crippen LogP contribution in [0, 0.1) is 0 Å². The fourth-order valence-electron chi connectivity index (χ4n) is 2.12. The summed E-state index contributed by atoms with van der Waals surface area (Å²) in [7, 11) is 0. The Labute approximate surface area is 111 Å². The highest BCUT2D eigenvalue weighted by molar-refractivity contribution is 5.97. The molecule has 2 N–H and O–H groups in total. The van der Waals surface area contributed by atoms with Crippen LogP contribution in [-0.2, 0) is 4.74 Å². The summed E-state index contributed by atoms with van der Waals surface area (Å²) in [5.74, 6) is -1.27. The fraction of sp³-hybridized carbons (Fsp3) is 0.429. The largest absolute Gasteiger partial charge is 0.478 e. The molecular formula is C14H17NO4. The van der Waals surface area contributed by atoms with Crippen LogP contribution < -0.4 is 5.32 Å². The Balaban J connectivity index is 1.90. The van der Waals surface area contributed by atoms with E-state index in [1.54, 1.807) is 12.1 Å². The van der Waals surface area contributed by atoms with Gasteiger partial charge in [-0.25, -0.2) is 4.79 Å². The predicted octanol–water partition coefficient (Wildman–Crippen LogP) is 1.68. The molecule has 0 radical (unpaired) electrons. The molecule has 102 valence electrons. The lowest BCUT2D eigenvalue weighted by molar-refractivity contribution is -0.00862. The van der Waals surface area contributed by atoms with Crippen molar-refractivity contribution in [3.63, 3.8) is 0 Å². The number of carbonyl (C=O) groups excluding carboxylic acids is 1. The third kappa shape index (κ3) is 3.32. The number of amides is 1. The van der Waals surface area contributed by atoms with E-state index in [1.165, 1.54) is 12.1 Å². The number of ether oxygens (including phenoxy) is 1. The van der Waals surface area contributed by atoms with Gasteiger partial charge in [-0.1, -0.05) is 6.07 Å². The molecule has 5 nitrogen and oxygen atoms in total. The minimum atomic E-state index is -1.03. The van der Waals surface area contributed by atoms with E-state index in [9.17, 15) is 9.59 Å². The number of hydrogen-bond donors (Lipinski definition) is 2. The summed E-state index contributed by atoms with van der Waals surface area (Å²) in [5, 5.41) is 11.8. The van der Waals surface area contributed by atoms with Crippen LogP contribution >= 0.6 is 0 Å². The molecule has 1 fully saturated rings. The Bertz CT molecular complexity index is 480. The Hall–Kier alpha value is -1.88. The molecule has 0 atom stereocenters. The van der Waals surface area contributed by atoms with Crippen LogP contribution in [0.3, 0.4) is 0 Å². The van der Waals surface area contributed by atoms with Crippen LogP contribution in [0.25, 0.3) is 0 Å². The zero-order valence-electron chi connectivity index (χ0n) is 10.8. The molecule has 1 aromatic carbocycles. The number of benzene rings is 1. The molecule has 5 heteroatoms. The summed E-state index contributed by atoms with van der Waals surface area (Å²) in [5.41, 5.74) is 0.494. The number of hydrogen-bond acceptors (Lipinski definition) is 3. The van der Waals surface area contributed by atoms with Crippen molar-refractivity contribution in [1.82, 2.24) is 5.32 Å². The number of nitrogens with one attached hydrogen (secondary N) is 1. The molecule has 1 aromatic rings. The molecule has 0 aliphatic heterocycles. The normalized spacial score (nSPS) is 21.5. The van der Waals surface area contributed by atoms with E-state index >= 15 is 0 Å².